The fourth-order valence-corrected chi connectivity index (χ4v) is 1.70. The summed E-state index contributed by atoms with van der Waals surface area (Å²) in [6, 6.07) is 3.97. The zero-order valence-corrected chi connectivity index (χ0v) is 8.80. The van der Waals surface area contributed by atoms with Crippen molar-refractivity contribution >= 4 is 17.5 Å². The van der Waals surface area contributed by atoms with E-state index < -0.39 is 0 Å². The fourth-order valence-electron chi connectivity index (χ4n) is 1.04. The van der Waals surface area contributed by atoms with Crippen molar-refractivity contribution in [1.82, 2.24) is 14.3 Å². The normalized spacial score (nSPS) is 10.1. The van der Waals surface area contributed by atoms with Gasteiger partial charge in [-0.05, 0) is 30.6 Å². The lowest BCUT2D eigenvalue weighted by Gasteiger charge is -1.94. The summed E-state index contributed by atoms with van der Waals surface area (Å²) >= 11 is 1.37. The number of anilines is 1. The third-order valence-electron chi connectivity index (χ3n) is 1.81. The van der Waals surface area contributed by atoms with E-state index in [-0.39, 0.29) is 0 Å². The predicted molar refractivity (Wildman–Crippen MR) is 57.4 cm³/mol. The molecule has 0 radical (unpaired) electrons. The van der Waals surface area contributed by atoms with E-state index in [2.05, 4.69) is 19.7 Å². The number of hydrogen-bond acceptors (Lipinski definition) is 5. The summed E-state index contributed by atoms with van der Waals surface area (Å²) in [5.74, 6) is 0.658. The maximum atomic E-state index is 4.28. The Morgan fingerprint density at radius 3 is 2.79 bits per heavy atom. The summed E-state index contributed by atoms with van der Waals surface area (Å²) in [6.45, 7) is 1.96. The van der Waals surface area contributed by atoms with Crippen molar-refractivity contribution in [1.29, 1.82) is 0 Å². The quantitative estimate of drug-likeness (QED) is 0.816. The van der Waals surface area contributed by atoms with Crippen LogP contribution in [0.25, 0.3) is 10.6 Å². The van der Waals surface area contributed by atoms with Crippen LogP contribution >= 0.6 is 11.5 Å². The number of aryl methyl sites for hydroxylation is 1. The summed E-state index contributed by atoms with van der Waals surface area (Å²) < 4.78 is 4.13. The second kappa shape index (κ2) is 3.71. The van der Waals surface area contributed by atoms with Gasteiger partial charge < -0.3 is 5.32 Å². The van der Waals surface area contributed by atoms with E-state index in [0.29, 0.717) is 5.95 Å². The molecule has 2 aromatic rings. The summed E-state index contributed by atoms with van der Waals surface area (Å²) in [4.78, 5) is 8.49. The standard InChI is InChI=1S/C9H10N4S/c1-6-3-4-7(5-11-6)8-12-9(10-2)13-14-8/h3-5H,1-2H3,(H,10,13). The average molecular weight is 206 g/mol. The summed E-state index contributed by atoms with van der Waals surface area (Å²) in [7, 11) is 1.80. The van der Waals surface area contributed by atoms with Crippen LogP contribution in [-0.4, -0.2) is 21.4 Å². The third kappa shape index (κ3) is 1.72. The van der Waals surface area contributed by atoms with Crippen molar-refractivity contribution in [2.24, 2.45) is 0 Å². The second-order valence-electron chi connectivity index (χ2n) is 2.86. The van der Waals surface area contributed by atoms with Gasteiger partial charge in [-0.2, -0.15) is 9.36 Å². The monoisotopic (exact) mass is 206 g/mol. The summed E-state index contributed by atoms with van der Waals surface area (Å²) in [6.07, 6.45) is 1.81. The first-order chi connectivity index (χ1) is 6.79. The minimum atomic E-state index is 0.658. The maximum Gasteiger partial charge on any atom is 0.234 e. The van der Waals surface area contributed by atoms with Crippen LogP contribution in [0, 0.1) is 6.92 Å². The van der Waals surface area contributed by atoms with Gasteiger partial charge in [-0.15, -0.1) is 0 Å². The molecule has 2 heterocycles. The van der Waals surface area contributed by atoms with Gasteiger partial charge in [0.15, 0.2) is 0 Å². The Morgan fingerprint density at radius 2 is 2.21 bits per heavy atom. The van der Waals surface area contributed by atoms with Crippen molar-refractivity contribution in [2.45, 2.75) is 6.92 Å². The first-order valence-electron chi connectivity index (χ1n) is 4.24. The molecule has 0 unspecified atom stereocenters. The van der Waals surface area contributed by atoms with Crippen molar-refractivity contribution in [2.75, 3.05) is 12.4 Å². The van der Waals surface area contributed by atoms with Crippen LogP contribution in [0.2, 0.25) is 0 Å². The molecule has 0 fully saturated rings. The first kappa shape index (κ1) is 9.08. The molecule has 2 rings (SSSR count). The molecular formula is C9H10N4S. The SMILES string of the molecule is CNc1nsc(-c2ccc(C)nc2)n1. The molecule has 0 saturated heterocycles. The van der Waals surface area contributed by atoms with E-state index in [1.165, 1.54) is 11.5 Å². The van der Waals surface area contributed by atoms with Crippen molar-refractivity contribution in [3.8, 4) is 10.6 Å². The number of aromatic nitrogens is 3. The average Bonchev–Trinajstić information content (AvgIpc) is 2.67. The van der Waals surface area contributed by atoms with Crippen molar-refractivity contribution in [3.05, 3.63) is 24.0 Å². The van der Waals surface area contributed by atoms with Crippen molar-refractivity contribution in [3.63, 3.8) is 0 Å². The second-order valence-corrected chi connectivity index (χ2v) is 3.61. The minimum Gasteiger partial charge on any atom is -0.357 e. The molecule has 0 atom stereocenters. The lowest BCUT2D eigenvalue weighted by molar-refractivity contribution is 1.20. The van der Waals surface area contributed by atoms with Crippen LogP contribution in [0.15, 0.2) is 18.3 Å². The molecule has 72 valence electrons. The Kier molecular flexibility index (Phi) is 2.41. The maximum absolute atomic E-state index is 4.28. The Balaban J connectivity index is 2.34. The molecule has 5 heteroatoms. The molecule has 0 aliphatic carbocycles. The van der Waals surface area contributed by atoms with Gasteiger partial charge in [-0.25, -0.2) is 0 Å². The largest absolute Gasteiger partial charge is 0.357 e. The van der Waals surface area contributed by atoms with Gasteiger partial charge >= 0.3 is 0 Å². The van der Waals surface area contributed by atoms with E-state index in [4.69, 9.17) is 0 Å². The zero-order chi connectivity index (χ0) is 9.97. The number of nitrogens with one attached hydrogen (secondary N) is 1. The Morgan fingerprint density at radius 1 is 1.36 bits per heavy atom. The highest BCUT2D eigenvalue weighted by molar-refractivity contribution is 7.09. The number of hydrogen-bond donors (Lipinski definition) is 1. The van der Waals surface area contributed by atoms with Crippen LogP contribution in [-0.2, 0) is 0 Å². The highest BCUT2D eigenvalue weighted by Crippen LogP contribution is 2.21. The molecule has 0 saturated carbocycles. The molecular weight excluding hydrogens is 196 g/mol. The molecule has 4 nitrogen and oxygen atoms in total. The topological polar surface area (TPSA) is 50.7 Å². The van der Waals surface area contributed by atoms with E-state index in [0.717, 1.165) is 16.3 Å². The molecule has 0 spiro atoms. The first-order valence-corrected chi connectivity index (χ1v) is 5.01. The lowest BCUT2D eigenvalue weighted by Crippen LogP contribution is -1.89. The molecule has 0 bridgehead atoms. The summed E-state index contributed by atoms with van der Waals surface area (Å²) in [5.41, 5.74) is 2.02. The molecule has 14 heavy (non-hydrogen) atoms. The highest BCUT2D eigenvalue weighted by atomic mass is 32.1. The van der Waals surface area contributed by atoms with Gasteiger partial charge in [0.05, 0.1) is 0 Å². The fraction of sp³-hybridized carbons (Fsp3) is 0.222. The van der Waals surface area contributed by atoms with Gasteiger partial charge in [0.2, 0.25) is 5.95 Å². The third-order valence-corrected chi connectivity index (χ3v) is 2.57. The van der Waals surface area contributed by atoms with Gasteiger partial charge in [-0.1, -0.05) is 0 Å². The Hall–Kier alpha value is -1.49. The van der Waals surface area contributed by atoms with Gasteiger partial charge in [0, 0.05) is 24.5 Å². The summed E-state index contributed by atoms with van der Waals surface area (Å²) in [5, 5.41) is 3.79. The van der Waals surface area contributed by atoms with Crippen LogP contribution in [0.4, 0.5) is 5.95 Å². The van der Waals surface area contributed by atoms with Crippen LogP contribution in [0.5, 0.6) is 0 Å². The van der Waals surface area contributed by atoms with E-state index >= 15 is 0 Å². The number of rotatable bonds is 2. The van der Waals surface area contributed by atoms with Crippen LogP contribution in [0.1, 0.15) is 5.69 Å². The van der Waals surface area contributed by atoms with E-state index in [1.54, 1.807) is 7.05 Å². The van der Waals surface area contributed by atoms with Gasteiger partial charge in [0.25, 0.3) is 0 Å². The van der Waals surface area contributed by atoms with Crippen LogP contribution < -0.4 is 5.32 Å². The highest BCUT2D eigenvalue weighted by Gasteiger charge is 2.04. The Bertz CT molecular complexity index is 421. The molecule has 0 aliphatic heterocycles. The van der Waals surface area contributed by atoms with E-state index in [9.17, 15) is 0 Å². The Labute approximate surface area is 86.2 Å². The van der Waals surface area contributed by atoms with Crippen molar-refractivity contribution < 1.29 is 0 Å². The minimum absolute atomic E-state index is 0.658. The predicted octanol–water partition coefficient (Wildman–Crippen LogP) is 1.95. The number of pyridine rings is 1. The lowest BCUT2D eigenvalue weighted by atomic mass is 10.3. The van der Waals surface area contributed by atoms with Gasteiger partial charge in [-0.3, -0.25) is 4.98 Å². The molecule has 2 aromatic heterocycles. The smallest absolute Gasteiger partial charge is 0.234 e. The van der Waals surface area contributed by atoms with Crippen LogP contribution in [0.3, 0.4) is 0 Å². The molecule has 0 amide bonds. The zero-order valence-electron chi connectivity index (χ0n) is 7.98. The molecule has 1 N–H and O–H groups in total. The number of nitrogens with zero attached hydrogens (tertiary/aromatic N) is 3. The van der Waals surface area contributed by atoms with E-state index in [1.807, 2.05) is 25.3 Å². The molecule has 0 aromatic carbocycles. The molecule has 0 aliphatic rings. The van der Waals surface area contributed by atoms with Gasteiger partial charge in [0.1, 0.15) is 5.01 Å².